The molecule has 124 valence electrons. The Morgan fingerprint density at radius 1 is 1.36 bits per heavy atom. The van der Waals surface area contributed by atoms with Crippen LogP contribution in [0.5, 0.6) is 0 Å². The molecule has 0 radical (unpaired) electrons. The summed E-state index contributed by atoms with van der Waals surface area (Å²) in [5, 5.41) is 13.1. The highest BCUT2D eigenvalue weighted by Crippen LogP contribution is 2.16. The number of rotatable bonds is 8. The predicted octanol–water partition coefficient (Wildman–Crippen LogP) is 1.03. The molecule has 0 aliphatic heterocycles. The molecule has 0 saturated heterocycles. The van der Waals surface area contributed by atoms with Gasteiger partial charge in [0.15, 0.2) is 0 Å². The van der Waals surface area contributed by atoms with Gasteiger partial charge in [0, 0.05) is 0 Å². The van der Waals surface area contributed by atoms with Crippen LogP contribution in [0.1, 0.15) is 27.2 Å². The normalized spacial score (nSPS) is 15.8. The maximum absolute atomic E-state index is 12.0. The standard InChI is InChI=1S/C13H20N2O5S2/c1-4-8(2)11(13(17)18)14-12(16)9(3)15-22(19,20)10-6-5-7-21-10/h5-9,11,15H,4H2,1-3H3,(H,14,16)(H,17,18). The van der Waals surface area contributed by atoms with E-state index in [4.69, 9.17) is 5.11 Å². The smallest absolute Gasteiger partial charge is 0.326 e. The lowest BCUT2D eigenvalue weighted by molar-refractivity contribution is -0.143. The number of nitrogens with one attached hydrogen (secondary N) is 2. The average molecular weight is 348 g/mol. The van der Waals surface area contributed by atoms with Gasteiger partial charge in [-0.15, -0.1) is 11.3 Å². The topological polar surface area (TPSA) is 113 Å². The van der Waals surface area contributed by atoms with Gasteiger partial charge in [-0.1, -0.05) is 26.3 Å². The Kier molecular flexibility index (Phi) is 6.51. The number of carbonyl (C=O) groups is 2. The summed E-state index contributed by atoms with van der Waals surface area (Å²) in [4.78, 5) is 23.2. The highest BCUT2D eigenvalue weighted by atomic mass is 32.2. The molecule has 1 amide bonds. The zero-order valence-corrected chi connectivity index (χ0v) is 14.2. The molecule has 0 spiro atoms. The Hall–Kier alpha value is -1.45. The minimum atomic E-state index is -3.78. The number of amides is 1. The zero-order valence-electron chi connectivity index (χ0n) is 12.6. The number of carboxylic acid groups (broad SMARTS) is 1. The van der Waals surface area contributed by atoms with Crippen LogP contribution in [-0.2, 0) is 19.6 Å². The highest BCUT2D eigenvalue weighted by Gasteiger charge is 2.29. The van der Waals surface area contributed by atoms with Gasteiger partial charge in [0.05, 0.1) is 6.04 Å². The molecule has 7 nitrogen and oxygen atoms in total. The van der Waals surface area contributed by atoms with Crippen molar-refractivity contribution < 1.29 is 23.1 Å². The lowest BCUT2D eigenvalue weighted by Gasteiger charge is -2.22. The van der Waals surface area contributed by atoms with E-state index in [9.17, 15) is 18.0 Å². The van der Waals surface area contributed by atoms with E-state index in [2.05, 4.69) is 10.0 Å². The molecule has 3 N–H and O–H groups in total. The Bertz CT molecular complexity index is 612. The van der Waals surface area contributed by atoms with Crippen LogP contribution < -0.4 is 10.0 Å². The van der Waals surface area contributed by atoms with Crippen molar-refractivity contribution in [2.24, 2.45) is 5.92 Å². The van der Waals surface area contributed by atoms with Crippen molar-refractivity contribution in [3.05, 3.63) is 17.5 Å². The van der Waals surface area contributed by atoms with Crippen molar-refractivity contribution in [3.8, 4) is 0 Å². The molecule has 1 aromatic heterocycles. The molecule has 9 heteroatoms. The molecule has 0 bridgehead atoms. The first-order valence-corrected chi connectivity index (χ1v) is 9.14. The third kappa shape index (κ3) is 4.79. The van der Waals surface area contributed by atoms with Crippen LogP contribution >= 0.6 is 11.3 Å². The zero-order chi connectivity index (χ0) is 16.9. The molecule has 0 aliphatic carbocycles. The third-order valence-electron chi connectivity index (χ3n) is 3.26. The summed E-state index contributed by atoms with van der Waals surface area (Å²) in [6.07, 6.45) is 0.576. The lowest BCUT2D eigenvalue weighted by Crippen LogP contribution is -2.52. The van der Waals surface area contributed by atoms with E-state index >= 15 is 0 Å². The van der Waals surface area contributed by atoms with Crippen LogP contribution in [0.2, 0.25) is 0 Å². The fraction of sp³-hybridized carbons (Fsp3) is 0.538. The number of sulfonamides is 1. The van der Waals surface area contributed by atoms with E-state index in [1.165, 1.54) is 13.0 Å². The molecular formula is C13H20N2O5S2. The minimum absolute atomic E-state index is 0.101. The summed E-state index contributed by atoms with van der Waals surface area (Å²) in [6.45, 7) is 4.89. The summed E-state index contributed by atoms with van der Waals surface area (Å²) in [6, 6.07) is 0.897. The van der Waals surface area contributed by atoms with Crippen LogP contribution in [0.3, 0.4) is 0 Å². The van der Waals surface area contributed by atoms with E-state index in [0.29, 0.717) is 6.42 Å². The van der Waals surface area contributed by atoms with Crippen LogP contribution in [0.4, 0.5) is 0 Å². The Labute approximate surface area is 133 Å². The first-order valence-electron chi connectivity index (χ1n) is 6.78. The monoisotopic (exact) mass is 348 g/mol. The van der Waals surface area contributed by atoms with Gasteiger partial charge in [0.2, 0.25) is 5.91 Å². The van der Waals surface area contributed by atoms with Crippen LogP contribution in [-0.4, -0.2) is 37.5 Å². The van der Waals surface area contributed by atoms with Crippen LogP contribution in [0, 0.1) is 5.92 Å². The second-order valence-electron chi connectivity index (χ2n) is 4.99. The molecule has 0 aromatic carbocycles. The Morgan fingerprint density at radius 2 is 2.00 bits per heavy atom. The summed E-state index contributed by atoms with van der Waals surface area (Å²) in [7, 11) is -3.78. The molecule has 0 fully saturated rings. The molecule has 3 unspecified atom stereocenters. The van der Waals surface area contributed by atoms with Crippen LogP contribution in [0.15, 0.2) is 21.7 Å². The van der Waals surface area contributed by atoms with Crippen molar-refractivity contribution in [1.82, 2.24) is 10.0 Å². The fourth-order valence-electron chi connectivity index (χ4n) is 1.72. The molecule has 0 saturated carbocycles. The maximum Gasteiger partial charge on any atom is 0.326 e. The molecule has 1 aromatic rings. The first kappa shape index (κ1) is 18.6. The molecule has 0 aliphatic rings. The SMILES string of the molecule is CCC(C)C(NC(=O)C(C)NS(=O)(=O)c1cccs1)C(=O)O. The number of aliphatic carboxylic acids is 1. The van der Waals surface area contributed by atoms with Crippen molar-refractivity contribution in [2.75, 3.05) is 0 Å². The van der Waals surface area contributed by atoms with Gasteiger partial charge in [-0.05, 0) is 24.3 Å². The summed E-state index contributed by atoms with van der Waals surface area (Å²) in [5.74, 6) is -2.08. The van der Waals surface area contributed by atoms with E-state index < -0.39 is 34.0 Å². The second kappa shape index (κ2) is 7.70. The third-order valence-corrected chi connectivity index (χ3v) is 6.20. The quantitative estimate of drug-likeness (QED) is 0.649. The Morgan fingerprint density at radius 3 is 2.45 bits per heavy atom. The summed E-state index contributed by atoms with van der Waals surface area (Å²) >= 11 is 1.03. The molecule has 1 rings (SSSR count). The Balaban J connectivity index is 2.75. The van der Waals surface area contributed by atoms with E-state index in [1.54, 1.807) is 18.4 Å². The predicted molar refractivity (Wildman–Crippen MR) is 83.1 cm³/mol. The molecule has 1 heterocycles. The van der Waals surface area contributed by atoms with Gasteiger partial charge < -0.3 is 10.4 Å². The van der Waals surface area contributed by atoms with E-state index in [0.717, 1.165) is 11.3 Å². The van der Waals surface area contributed by atoms with Crippen LogP contribution in [0.25, 0.3) is 0 Å². The fourth-order valence-corrected chi connectivity index (χ4v) is 3.93. The minimum Gasteiger partial charge on any atom is -0.480 e. The number of carbonyl (C=O) groups excluding carboxylic acids is 1. The maximum atomic E-state index is 12.0. The number of hydrogen-bond donors (Lipinski definition) is 3. The van der Waals surface area contributed by atoms with Crippen molar-refractivity contribution in [1.29, 1.82) is 0 Å². The van der Waals surface area contributed by atoms with Gasteiger partial charge in [-0.25, -0.2) is 13.2 Å². The molecule has 3 atom stereocenters. The summed E-state index contributed by atoms with van der Waals surface area (Å²) in [5.41, 5.74) is 0. The van der Waals surface area contributed by atoms with Gasteiger partial charge in [-0.2, -0.15) is 4.72 Å². The van der Waals surface area contributed by atoms with E-state index in [-0.39, 0.29) is 10.1 Å². The van der Waals surface area contributed by atoms with Gasteiger partial charge in [0.25, 0.3) is 10.0 Å². The van der Waals surface area contributed by atoms with Crippen molar-refractivity contribution >= 4 is 33.2 Å². The van der Waals surface area contributed by atoms with Crippen molar-refractivity contribution in [2.45, 2.75) is 43.5 Å². The number of carboxylic acids is 1. The molecule has 22 heavy (non-hydrogen) atoms. The van der Waals surface area contributed by atoms with Gasteiger partial charge in [-0.3, -0.25) is 4.79 Å². The van der Waals surface area contributed by atoms with Gasteiger partial charge in [0.1, 0.15) is 10.3 Å². The largest absolute Gasteiger partial charge is 0.480 e. The lowest BCUT2D eigenvalue weighted by atomic mass is 9.99. The molecular weight excluding hydrogens is 328 g/mol. The second-order valence-corrected chi connectivity index (χ2v) is 7.87. The van der Waals surface area contributed by atoms with E-state index in [1.807, 2.05) is 6.92 Å². The average Bonchev–Trinajstić information content (AvgIpc) is 2.97. The van der Waals surface area contributed by atoms with Crippen molar-refractivity contribution in [3.63, 3.8) is 0 Å². The number of thiophene rings is 1. The first-order chi connectivity index (χ1) is 10.2. The van der Waals surface area contributed by atoms with Gasteiger partial charge >= 0.3 is 5.97 Å². The highest BCUT2D eigenvalue weighted by molar-refractivity contribution is 7.91. The number of hydrogen-bond acceptors (Lipinski definition) is 5. The summed E-state index contributed by atoms with van der Waals surface area (Å²) < 4.78 is 26.4.